The summed E-state index contributed by atoms with van der Waals surface area (Å²) in [6, 6.07) is 5.01. The molecule has 0 saturated carbocycles. The number of nitrogens with one attached hydrogen (secondary N) is 1. The third kappa shape index (κ3) is 5.35. The first-order chi connectivity index (χ1) is 12.9. The zero-order valence-electron chi connectivity index (χ0n) is 15.8. The zero-order chi connectivity index (χ0) is 20.0. The third-order valence-corrected chi connectivity index (χ3v) is 4.82. The molecule has 1 aliphatic heterocycles. The van der Waals surface area contributed by atoms with Crippen LogP contribution in [0.5, 0.6) is 5.75 Å². The summed E-state index contributed by atoms with van der Waals surface area (Å²) < 4.78 is 10.4. The Bertz CT molecular complexity index is 705. The minimum absolute atomic E-state index is 0.0165. The van der Waals surface area contributed by atoms with E-state index < -0.39 is 11.9 Å². The molecule has 0 unspecified atom stereocenters. The average molecular weight is 397 g/mol. The summed E-state index contributed by atoms with van der Waals surface area (Å²) in [7, 11) is 1.50. The Kier molecular flexibility index (Phi) is 7.47. The van der Waals surface area contributed by atoms with E-state index in [1.54, 1.807) is 18.2 Å². The van der Waals surface area contributed by atoms with Gasteiger partial charge in [-0.25, -0.2) is 0 Å². The van der Waals surface area contributed by atoms with Crippen LogP contribution < -0.4 is 15.0 Å². The van der Waals surface area contributed by atoms with E-state index in [1.807, 2.05) is 13.8 Å². The third-order valence-electron chi connectivity index (χ3n) is 4.59. The van der Waals surface area contributed by atoms with E-state index in [9.17, 15) is 14.4 Å². The van der Waals surface area contributed by atoms with E-state index in [-0.39, 0.29) is 37.4 Å². The van der Waals surface area contributed by atoms with Gasteiger partial charge in [-0.05, 0) is 31.0 Å². The molecule has 0 spiro atoms. The minimum Gasteiger partial charge on any atom is -0.495 e. The number of halogens is 1. The highest BCUT2D eigenvalue weighted by Crippen LogP contribution is 2.35. The van der Waals surface area contributed by atoms with Crippen LogP contribution in [0.25, 0.3) is 0 Å². The number of benzene rings is 1. The molecule has 7 nitrogen and oxygen atoms in total. The smallest absolute Gasteiger partial charge is 0.311 e. The van der Waals surface area contributed by atoms with Gasteiger partial charge in [0.15, 0.2) is 6.61 Å². The molecule has 1 saturated heterocycles. The molecule has 148 valence electrons. The van der Waals surface area contributed by atoms with Gasteiger partial charge >= 0.3 is 5.97 Å². The van der Waals surface area contributed by atoms with E-state index in [0.29, 0.717) is 16.5 Å². The summed E-state index contributed by atoms with van der Waals surface area (Å²) >= 11 is 6.02. The number of carbonyl (C=O) groups is 3. The van der Waals surface area contributed by atoms with Crippen LogP contribution in [0, 0.1) is 5.92 Å². The molecule has 1 N–H and O–H groups in total. The van der Waals surface area contributed by atoms with Gasteiger partial charge in [0.05, 0.1) is 18.7 Å². The fourth-order valence-corrected chi connectivity index (χ4v) is 3.16. The second-order valence-electron chi connectivity index (χ2n) is 6.41. The SMILES string of the molecule is CCC(CC)NC(=O)COC(=O)[C@@H]1CC(=O)N(c2cc(Cl)ccc2OC)C1. The fraction of sp³-hybridized carbons (Fsp3) is 0.526. The van der Waals surface area contributed by atoms with Crippen molar-refractivity contribution in [3.8, 4) is 5.75 Å². The van der Waals surface area contributed by atoms with E-state index in [2.05, 4.69) is 5.32 Å². The van der Waals surface area contributed by atoms with Gasteiger partial charge < -0.3 is 19.7 Å². The average Bonchev–Trinajstić information content (AvgIpc) is 3.05. The molecule has 27 heavy (non-hydrogen) atoms. The first-order valence-corrected chi connectivity index (χ1v) is 9.37. The van der Waals surface area contributed by atoms with Crippen LogP contribution >= 0.6 is 11.6 Å². The van der Waals surface area contributed by atoms with Crippen molar-refractivity contribution in [2.45, 2.75) is 39.2 Å². The number of carbonyl (C=O) groups excluding carboxylic acids is 3. The van der Waals surface area contributed by atoms with E-state index >= 15 is 0 Å². The summed E-state index contributed by atoms with van der Waals surface area (Å²) in [5.41, 5.74) is 0.511. The van der Waals surface area contributed by atoms with Crippen molar-refractivity contribution < 1.29 is 23.9 Å². The highest BCUT2D eigenvalue weighted by Gasteiger charge is 2.37. The van der Waals surface area contributed by atoms with Gasteiger partial charge in [0, 0.05) is 24.0 Å². The second kappa shape index (κ2) is 9.60. The van der Waals surface area contributed by atoms with Crippen LogP contribution in [0.4, 0.5) is 5.69 Å². The first kappa shape index (κ1) is 21.0. The van der Waals surface area contributed by atoms with Crippen LogP contribution in [-0.2, 0) is 19.1 Å². The Balaban J connectivity index is 1.96. The first-order valence-electron chi connectivity index (χ1n) is 8.99. The Labute approximate surface area is 163 Å². The van der Waals surface area contributed by atoms with Crippen molar-refractivity contribution in [1.82, 2.24) is 5.32 Å². The molecule has 0 radical (unpaired) electrons. The lowest BCUT2D eigenvalue weighted by Gasteiger charge is -2.19. The molecule has 0 bridgehead atoms. The van der Waals surface area contributed by atoms with Gasteiger partial charge in [-0.2, -0.15) is 0 Å². The van der Waals surface area contributed by atoms with Crippen LogP contribution in [0.1, 0.15) is 33.1 Å². The van der Waals surface area contributed by atoms with Crippen molar-refractivity contribution in [3.63, 3.8) is 0 Å². The van der Waals surface area contributed by atoms with Gasteiger partial charge in [0.25, 0.3) is 5.91 Å². The standard InChI is InChI=1S/C19H25ClN2O5/c1-4-14(5-2)21-17(23)11-27-19(25)12-8-18(24)22(10-12)15-9-13(20)6-7-16(15)26-3/h6-7,9,12,14H,4-5,8,10-11H2,1-3H3,(H,21,23)/t12-/m1/s1. The van der Waals surface area contributed by atoms with Crippen molar-refractivity contribution >= 4 is 35.1 Å². The van der Waals surface area contributed by atoms with Gasteiger partial charge in [-0.15, -0.1) is 0 Å². The van der Waals surface area contributed by atoms with Crippen molar-refractivity contribution in [2.75, 3.05) is 25.2 Å². The molecule has 8 heteroatoms. The molecule has 1 atom stereocenters. The highest BCUT2D eigenvalue weighted by molar-refractivity contribution is 6.31. The summed E-state index contributed by atoms with van der Waals surface area (Å²) in [6.45, 7) is 3.76. The molecular weight excluding hydrogens is 372 g/mol. The molecule has 1 aromatic rings. The number of methoxy groups -OCH3 is 1. The molecule has 2 amide bonds. The molecule has 2 rings (SSSR count). The minimum atomic E-state index is -0.637. The van der Waals surface area contributed by atoms with Crippen molar-refractivity contribution in [2.24, 2.45) is 5.92 Å². The predicted molar refractivity (Wildman–Crippen MR) is 102 cm³/mol. The lowest BCUT2D eigenvalue weighted by atomic mass is 10.1. The summed E-state index contributed by atoms with van der Waals surface area (Å²) in [4.78, 5) is 38.0. The molecule has 1 heterocycles. The second-order valence-corrected chi connectivity index (χ2v) is 6.85. The largest absolute Gasteiger partial charge is 0.495 e. The van der Waals surface area contributed by atoms with E-state index in [0.717, 1.165) is 12.8 Å². The van der Waals surface area contributed by atoms with Gasteiger partial charge in [0.2, 0.25) is 5.91 Å². The lowest BCUT2D eigenvalue weighted by molar-refractivity contribution is -0.152. The Hall–Kier alpha value is -2.28. The summed E-state index contributed by atoms with van der Waals surface area (Å²) in [6.07, 6.45) is 1.64. The number of amides is 2. The molecule has 0 aliphatic carbocycles. The number of rotatable bonds is 8. The van der Waals surface area contributed by atoms with Crippen molar-refractivity contribution in [3.05, 3.63) is 23.2 Å². The lowest BCUT2D eigenvalue weighted by Crippen LogP contribution is -2.37. The number of nitrogens with zero attached hydrogens (tertiary/aromatic N) is 1. The quantitative estimate of drug-likeness (QED) is 0.682. The Morgan fingerprint density at radius 1 is 1.33 bits per heavy atom. The summed E-state index contributed by atoms with van der Waals surface area (Å²) in [5.74, 6) is -1.27. The van der Waals surface area contributed by atoms with Gasteiger partial charge in [-0.3, -0.25) is 14.4 Å². The summed E-state index contributed by atoms with van der Waals surface area (Å²) in [5, 5.41) is 3.26. The molecular formula is C19H25ClN2O5. The van der Waals surface area contributed by atoms with Crippen LogP contribution in [0.15, 0.2) is 18.2 Å². The Morgan fingerprint density at radius 3 is 2.67 bits per heavy atom. The zero-order valence-corrected chi connectivity index (χ0v) is 16.5. The molecule has 1 fully saturated rings. The van der Waals surface area contributed by atoms with Crippen LogP contribution in [0.3, 0.4) is 0 Å². The molecule has 1 aromatic carbocycles. The maximum absolute atomic E-state index is 12.4. The fourth-order valence-electron chi connectivity index (χ4n) is 2.99. The van der Waals surface area contributed by atoms with Gasteiger partial charge in [-0.1, -0.05) is 25.4 Å². The number of anilines is 1. The number of hydrogen-bond donors (Lipinski definition) is 1. The van der Waals surface area contributed by atoms with E-state index in [4.69, 9.17) is 21.1 Å². The maximum atomic E-state index is 12.4. The Morgan fingerprint density at radius 2 is 2.04 bits per heavy atom. The van der Waals surface area contributed by atoms with Crippen molar-refractivity contribution in [1.29, 1.82) is 0 Å². The molecule has 1 aliphatic rings. The molecule has 0 aromatic heterocycles. The topological polar surface area (TPSA) is 84.9 Å². The highest BCUT2D eigenvalue weighted by atomic mass is 35.5. The van der Waals surface area contributed by atoms with E-state index in [1.165, 1.54) is 12.0 Å². The number of esters is 1. The number of ether oxygens (including phenoxy) is 2. The normalized spacial score (nSPS) is 16.6. The maximum Gasteiger partial charge on any atom is 0.311 e. The van der Waals surface area contributed by atoms with Crippen LogP contribution in [-0.4, -0.2) is 44.1 Å². The number of hydrogen-bond acceptors (Lipinski definition) is 5. The predicted octanol–water partition coefficient (Wildman–Crippen LogP) is 2.55. The monoisotopic (exact) mass is 396 g/mol. The van der Waals surface area contributed by atoms with Gasteiger partial charge in [0.1, 0.15) is 5.75 Å². The van der Waals surface area contributed by atoms with Crippen LogP contribution in [0.2, 0.25) is 5.02 Å².